The summed E-state index contributed by atoms with van der Waals surface area (Å²) in [7, 11) is 0. The third kappa shape index (κ3) is 4.13. The van der Waals surface area contributed by atoms with Gasteiger partial charge in [0.25, 0.3) is 11.8 Å². The van der Waals surface area contributed by atoms with E-state index in [1.165, 1.54) is 0 Å². The number of hydrogen-bond donors (Lipinski definition) is 2. The minimum absolute atomic E-state index is 0.265. The zero-order chi connectivity index (χ0) is 18.5. The molecule has 3 rings (SSSR count). The minimum Gasteiger partial charge on any atom is -0.321 e. The topological polar surface area (TPSA) is 71.1 Å². The van der Waals surface area contributed by atoms with Gasteiger partial charge >= 0.3 is 0 Å². The molecular weight excluding hydrogens is 326 g/mol. The number of nitrogens with one attached hydrogen (secondary N) is 2. The first kappa shape index (κ1) is 17.4. The maximum Gasteiger partial charge on any atom is 0.258 e. The Hall–Kier alpha value is -3.47. The lowest BCUT2D eigenvalue weighted by Crippen LogP contribution is -2.18. The van der Waals surface area contributed by atoms with Crippen LogP contribution in [0.2, 0.25) is 0 Å². The van der Waals surface area contributed by atoms with Crippen molar-refractivity contribution in [3.05, 3.63) is 89.1 Å². The number of carbonyl (C=O) groups excluding carboxylic acids is 2. The monoisotopic (exact) mass is 345 g/mol. The number of para-hydroxylation sites is 1. The number of aryl methyl sites for hydroxylation is 2. The van der Waals surface area contributed by atoms with Gasteiger partial charge in [-0.25, -0.2) is 4.98 Å². The average Bonchev–Trinajstić information content (AvgIpc) is 2.62. The molecule has 130 valence electrons. The fraction of sp³-hybridized carbons (Fsp3) is 0.0952. The van der Waals surface area contributed by atoms with Crippen LogP contribution in [-0.2, 0) is 0 Å². The molecule has 0 fully saturated rings. The highest BCUT2D eigenvalue weighted by Crippen LogP contribution is 2.18. The van der Waals surface area contributed by atoms with Crippen LogP contribution in [-0.4, -0.2) is 16.8 Å². The molecule has 0 atom stereocenters. The van der Waals surface area contributed by atoms with E-state index in [-0.39, 0.29) is 11.8 Å². The fourth-order valence-corrected chi connectivity index (χ4v) is 2.48. The lowest BCUT2D eigenvalue weighted by molar-refractivity contribution is 0.102. The SMILES string of the molecule is Cc1ccc(C(=O)Nc2ccccc2C(=O)Nc2cc(C)ccn2)cc1. The second-order valence-corrected chi connectivity index (χ2v) is 6.04. The molecule has 0 unspecified atom stereocenters. The van der Waals surface area contributed by atoms with E-state index in [0.29, 0.717) is 22.6 Å². The Bertz CT molecular complexity index is 949. The normalized spacial score (nSPS) is 10.2. The lowest BCUT2D eigenvalue weighted by atomic mass is 10.1. The Morgan fingerprint density at radius 1 is 0.808 bits per heavy atom. The second-order valence-electron chi connectivity index (χ2n) is 6.04. The van der Waals surface area contributed by atoms with Gasteiger partial charge < -0.3 is 10.6 Å². The third-order valence-corrected chi connectivity index (χ3v) is 3.89. The van der Waals surface area contributed by atoms with Crippen LogP contribution in [0.15, 0.2) is 66.9 Å². The molecule has 0 spiro atoms. The first-order chi connectivity index (χ1) is 12.5. The molecule has 5 nitrogen and oxygen atoms in total. The predicted molar refractivity (Wildman–Crippen MR) is 103 cm³/mol. The van der Waals surface area contributed by atoms with Crippen LogP contribution < -0.4 is 10.6 Å². The Morgan fingerprint density at radius 2 is 1.54 bits per heavy atom. The van der Waals surface area contributed by atoms with Gasteiger partial charge in [-0.15, -0.1) is 0 Å². The van der Waals surface area contributed by atoms with E-state index < -0.39 is 0 Å². The van der Waals surface area contributed by atoms with Crippen molar-refractivity contribution in [2.75, 3.05) is 10.6 Å². The van der Waals surface area contributed by atoms with Crippen molar-refractivity contribution in [1.29, 1.82) is 0 Å². The summed E-state index contributed by atoms with van der Waals surface area (Å²) in [6.45, 7) is 3.88. The Morgan fingerprint density at radius 3 is 2.27 bits per heavy atom. The first-order valence-electron chi connectivity index (χ1n) is 8.24. The molecule has 0 saturated carbocycles. The van der Waals surface area contributed by atoms with Crippen LogP contribution in [0.1, 0.15) is 31.8 Å². The first-order valence-corrected chi connectivity index (χ1v) is 8.24. The number of carbonyl (C=O) groups is 2. The molecule has 0 aliphatic heterocycles. The zero-order valence-corrected chi connectivity index (χ0v) is 14.6. The molecule has 0 aliphatic rings. The van der Waals surface area contributed by atoms with Crippen LogP contribution in [0.5, 0.6) is 0 Å². The molecule has 2 amide bonds. The van der Waals surface area contributed by atoms with Crippen molar-refractivity contribution in [2.24, 2.45) is 0 Å². The average molecular weight is 345 g/mol. The summed E-state index contributed by atoms with van der Waals surface area (Å²) >= 11 is 0. The lowest BCUT2D eigenvalue weighted by Gasteiger charge is -2.11. The van der Waals surface area contributed by atoms with Crippen LogP contribution in [0.25, 0.3) is 0 Å². The quantitative estimate of drug-likeness (QED) is 0.744. The number of aromatic nitrogens is 1. The highest BCUT2D eigenvalue weighted by molar-refractivity contribution is 6.12. The molecule has 0 bridgehead atoms. The number of nitrogens with zero attached hydrogens (tertiary/aromatic N) is 1. The summed E-state index contributed by atoms with van der Waals surface area (Å²) in [5.41, 5.74) is 3.42. The molecule has 1 heterocycles. The number of amides is 2. The third-order valence-electron chi connectivity index (χ3n) is 3.89. The number of anilines is 2. The van der Waals surface area contributed by atoms with Crippen molar-refractivity contribution in [3.8, 4) is 0 Å². The van der Waals surface area contributed by atoms with E-state index in [0.717, 1.165) is 11.1 Å². The van der Waals surface area contributed by atoms with Gasteiger partial charge in [-0.2, -0.15) is 0 Å². The predicted octanol–water partition coefficient (Wildman–Crippen LogP) is 4.20. The van der Waals surface area contributed by atoms with Gasteiger partial charge in [0.05, 0.1) is 11.3 Å². The molecule has 3 aromatic rings. The zero-order valence-electron chi connectivity index (χ0n) is 14.6. The summed E-state index contributed by atoms with van der Waals surface area (Å²) in [6.07, 6.45) is 1.63. The van der Waals surface area contributed by atoms with Crippen LogP contribution in [0.4, 0.5) is 11.5 Å². The van der Waals surface area contributed by atoms with Crippen molar-refractivity contribution >= 4 is 23.3 Å². The van der Waals surface area contributed by atoms with E-state index >= 15 is 0 Å². The Kier molecular flexibility index (Phi) is 5.08. The Balaban J connectivity index is 1.80. The van der Waals surface area contributed by atoms with E-state index in [1.54, 1.807) is 48.7 Å². The standard InChI is InChI=1S/C21H19N3O2/c1-14-7-9-16(10-8-14)20(25)23-18-6-4-3-5-17(18)21(26)24-19-13-15(2)11-12-22-19/h3-13H,1-2H3,(H,23,25)(H,22,24,26). The van der Waals surface area contributed by atoms with Gasteiger partial charge in [-0.05, 0) is 55.8 Å². The fourth-order valence-electron chi connectivity index (χ4n) is 2.48. The van der Waals surface area contributed by atoms with E-state index in [2.05, 4.69) is 15.6 Å². The van der Waals surface area contributed by atoms with Gasteiger partial charge in [0.1, 0.15) is 5.82 Å². The van der Waals surface area contributed by atoms with Crippen LogP contribution >= 0.6 is 0 Å². The summed E-state index contributed by atoms with van der Waals surface area (Å²) in [4.78, 5) is 29.2. The highest BCUT2D eigenvalue weighted by Gasteiger charge is 2.14. The Labute approximate surface area is 152 Å². The molecule has 0 saturated heterocycles. The summed E-state index contributed by atoms with van der Waals surface area (Å²) in [5, 5.41) is 5.56. The maximum atomic E-state index is 12.6. The van der Waals surface area contributed by atoms with Gasteiger partial charge in [-0.1, -0.05) is 29.8 Å². The number of benzene rings is 2. The maximum absolute atomic E-state index is 12.6. The number of rotatable bonds is 4. The van der Waals surface area contributed by atoms with Crippen LogP contribution in [0, 0.1) is 13.8 Å². The van der Waals surface area contributed by atoms with Crippen molar-refractivity contribution in [1.82, 2.24) is 4.98 Å². The smallest absolute Gasteiger partial charge is 0.258 e. The van der Waals surface area contributed by atoms with Gasteiger partial charge in [0.2, 0.25) is 0 Å². The summed E-state index contributed by atoms with van der Waals surface area (Å²) in [6, 6.07) is 17.8. The molecule has 26 heavy (non-hydrogen) atoms. The molecule has 0 radical (unpaired) electrons. The van der Waals surface area contributed by atoms with Crippen molar-refractivity contribution in [2.45, 2.75) is 13.8 Å². The number of pyridine rings is 1. The number of hydrogen-bond acceptors (Lipinski definition) is 3. The van der Waals surface area contributed by atoms with Gasteiger partial charge in [0, 0.05) is 11.8 Å². The van der Waals surface area contributed by atoms with Gasteiger partial charge in [-0.3, -0.25) is 9.59 Å². The largest absolute Gasteiger partial charge is 0.321 e. The molecule has 2 N–H and O–H groups in total. The highest BCUT2D eigenvalue weighted by atomic mass is 16.2. The molecular formula is C21H19N3O2. The summed E-state index contributed by atoms with van der Waals surface area (Å²) in [5.74, 6) is -0.128. The van der Waals surface area contributed by atoms with E-state index in [1.807, 2.05) is 32.0 Å². The van der Waals surface area contributed by atoms with Gasteiger partial charge in [0.15, 0.2) is 0 Å². The van der Waals surface area contributed by atoms with Crippen LogP contribution in [0.3, 0.4) is 0 Å². The summed E-state index contributed by atoms with van der Waals surface area (Å²) < 4.78 is 0. The second kappa shape index (κ2) is 7.61. The van der Waals surface area contributed by atoms with E-state index in [9.17, 15) is 9.59 Å². The molecule has 2 aromatic carbocycles. The van der Waals surface area contributed by atoms with Crippen molar-refractivity contribution < 1.29 is 9.59 Å². The molecule has 1 aromatic heterocycles. The van der Waals surface area contributed by atoms with Crippen molar-refractivity contribution in [3.63, 3.8) is 0 Å². The van der Waals surface area contributed by atoms with E-state index in [4.69, 9.17) is 0 Å². The minimum atomic E-state index is -0.331. The molecule has 0 aliphatic carbocycles. The molecule has 5 heteroatoms.